The summed E-state index contributed by atoms with van der Waals surface area (Å²) in [6, 6.07) is 10.0. The quantitative estimate of drug-likeness (QED) is 0.615. The Hall–Kier alpha value is -3.22. The Morgan fingerprint density at radius 2 is 1.77 bits per heavy atom. The summed E-state index contributed by atoms with van der Waals surface area (Å²) in [4.78, 5) is 24.3. The minimum atomic E-state index is -0.424. The van der Waals surface area contributed by atoms with Crippen molar-refractivity contribution >= 4 is 22.7 Å². The van der Waals surface area contributed by atoms with E-state index in [-0.39, 0.29) is 30.5 Å². The molecule has 0 aliphatic heterocycles. The third kappa shape index (κ3) is 3.72. The van der Waals surface area contributed by atoms with Crippen LogP contribution < -0.4 is 10.6 Å². The van der Waals surface area contributed by atoms with E-state index < -0.39 is 5.82 Å². The first-order valence-electron chi connectivity index (χ1n) is 8.23. The third-order valence-corrected chi connectivity index (χ3v) is 4.06. The number of nitrogens with zero attached hydrogens (tertiary/aromatic N) is 1. The minimum absolute atomic E-state index is 0.224. The molecule has 0 unspecified atom stereocenters. The molecule has 0 spiro atoms. The van der Waals surface area contributed by atoms with Crippen molar-refractivity contribution in [3.63, 3.8) is 0 Å². The number of aromatic nitrogens is 2. The van der Waals surface area contributed by atoms with Gasteiger partial charge in [-0.1, -0.05) is 17.7 Å². The molecule has 0 aliphatic carbocycles. The maximum absolute atomic E-state index is 13.5. The fraction of sp³-hybridized carbons (Fsp3) is 0.211. The second-order valence-electron chi connectivity index (χ2n) is 6.10. The van der Waals surface area contributed by atoms with Crippen LogP contribution in [-0.2, 0) is 0 Å². The monoisotopic (exact) mass is 354 g/mol. The highest BCUT2D eigenvalue weighted by Crippen LogP contribution is 2.17. The molecule has 0 atom stereocenters. The summed E-state index contributed by atoms with van der Waals surface area (Å²) in [5.74, 6) is -1.14. The number of benzene rings is 2. The molecule has 1 aromatic heterocycles. The number of fused-ring (bicyclic) bond motifs is 1. The summed E-state index contributed by atoms with van der Waals surface area (Å²) in [6.45, 7) is 4.03. The van der Waals surface area contributed by atoms with Gasteiger partial charge in [-0.05, 0) is 43.7 Å². The molecule has 0 aliphatic rings. The van der Waals surface area contributed by atoms with E-state index in [2.05, 4.69) is 20.8 Å². The van der Waals surface area contributed by atoms with E-state index in [1.807, 2.05) is 25.1 Å². The van der Waals surface area contributed by atoms with Crippen LogP contribution in [0.2, 0.25) is 0 Å². The van der Waals surface area contributed by atoms with Gasteiger partial charge in [0.05, 0.1) is 5.52 Å². The van der Waals surface area contributed by atoms with E-state index >= 15 is 0 Å². The van der Waals surface area contributed by atoms with Gasteiger partial charge in [-0.3, -0.25) is 14.7 Å². The van der Waals surface area contributed by atoms with Gasteiger partial charge in [-0.25, -0.2) is 4.39 Å². The van der Waals surface area contributed by atoms with Crippen molar-refractivity contribution in [3.8, 4) is 0 Å². The summed E-state index contributed by atoms with van der Waals surface area (Å²) in [5.41, 5.74) is 2.86. The number of H-pyrrole nitrogens is 1. The van der Waals surface area contributed by atoms with Gasteiger partial charge in [-0.2, -0.15) is 5.10 Å². The zero-order chi connectivity index (χ0) is 18.7. The Balaban J connectivity index is 1.54. The van der Waals surface area contributed by atoms with Crippen molar-refractivity contribution in [3.05, 3.63) is 64.6 Å². The summed E-state index contributed by atoms with van der Waals surface area (Å²) >= 11 is 0. The van der Waals surface area contributed by atoms with Gasteiger partial charge < -0.3 is 10.6 Å². The zero-order valence-corrected chi connectivity index (χ0v) is 14.5. The molecule has 134 valence electrons. The Morgan fingerprint density at radius 1 is 1.04 bits per heavy atom. The highest BCUT2D eigenvalue weighted by Gasteiger charge is 2.14. The summed E-state index contributed by atoms with van der Waals surface area (Å²) in [7, 11) is 0. The van der Waals surface area contributed by atoms with Crippen molar-refractivity contribution in [2.24, 2.45) is 0 Å². The predicted molar refractivity (Wildman–Crippen MR) is 96.6 cm³/mol. The van der Waals surface area contributed by atoms with Crippen molar-refractivity contribution in [2.75, 3.05) is 13.1 Å². The molecule has 6 nitrogen and oxygen atoms in total. The number of hydrogen-bond donors (Lipinski definition) is 3. The van der Waals surface area contributed by atoms with Crippen LogP contribution in [0.5, 0.6) is 0 Å². The number of halogens is 1. The first kappa shape index (κ1) is 17.6. The van der Waals surface area contributed by atoms with Crippen LogP contribution in [0.4, 0.5) is 4.39 Å². The Morgan fingerprint density at radius 3 is 2.50 bits per heavy atom. The molecule has 0 saturated heterocycles. The molecule has 1 heterocycles. The van der Waals surface area contributed by atoms with E-state index in [1.165, 1.54) is 6.07 Å². The van der Waals surface area contributed by atoms with Crippen LogP contribution in [0, 0.1) is 19.7 Å². The third-order valence-electron chi connectivity index (χ3n) is 4.06. The molecular weight excluding hydrogens is 335 g/mol. The normalized spacial score (nSPS) is 10.7. The fourth-order valence-electron chi connectivity index (χ4n) is 2.57. The van der Waals surface area contributed by atoms with Gasteiger partial charge in [0.2, 0.25) is 0 Å². The Labute approximate surface area is 149 Å². The first-order chi connectivity index (χ1) is 12.5. The molecule has 0 fully saturated rings. The number of carbonyl (C=O) groups is 2. The largest absolute Gasteiger partial charge is 0.350 e. The predicted octanol–water partition coefficient (Wildman–Crippen LogP) is 2.48. The number of nitrogens with one attached hydrogen (secondary N) is 3. The molecule has 3 aromatic rings. The van der Waals surface area contributed by atoms with Crippen molar-refractivity contribution in [1.29, 1.82) is 0 Å². The summed E-state index contributed by atoms with van der Waals surface area (Å²) in [5, 5.41) is 13.0. The fourth-order valence-corrected chi connectivity index (χ4v) is 2.57. The lowest BCUT2D eigenvalue weighted by molar-refractivity contribution is 0.0925. The van der Waals surface area contributed by atoms with Gasteiger partial charge in [0.1, 0.15) is 5.82 Å². The lowest BCUT2D eigenvalue weighted by atomic mass is 10.1. The molecule has 7 heteroatoms. The summed E-state index contributed by atoms with van der Waals surface area (Å²) < 4.78 is 13.5. The maximum Gasteiger partial charge on any atom is 0.272 e. The van der Waals surface area contributed by atoms with E-state index in [4.69, 9.17) is 0 Å². The van der Waals surface area contributed by atoms with Crippen LogP contribution in [0.3, 0.4) is 0 Å². The van der Waals surface area contributed by atoms with Crippen LogP contribution in [0.15, 0.2) is 36.4 Å². The number of carbonyl (C=O) groups excluding carboxylic acids is 2. The number of aromatic amines is 1. The van der Waals surface area contributed by atoms with Crippen molar-refractivity contribution < 1.29 is 14.0 Å². The van der Waals surface area contributed by atoms with Crippen molar-refractivity contribution in [1.82, 2.24) is 20.8 Å². The average Bonchev–Trinajstić information content (AvgIpc) is 3.03. The van der Waals surface area contributed by atoms with Crippen molar-refractivity contribution in [2.45, 2.75) is 13.8 Å². The second kappa shape index (κ2) is 7.35. The lowest BCUT2D eigenvalue weighted by Crippen LogP contribution is -2.35. The van der Waals surface area contributed by atoms with Crippen LogP contribution in [-0.4, -0.2) is 35.1 Å². The Kier molecular flexibility index (Phi) is 4.97. The van der Waals surface area contributed by atoms with Crippen LogP contribution in [0.25, 0.3) is 10.9 Å². The second-order valence-corrected chi connectivity index (χ2v) is 6.10. The van der Waals surface area contributed by atoms with Crippen LogP contribution >= 0.6 is 0 Å². The van der Waals surface area contributed by atoms with Crippen LogP contribution in [0.1, 0.15) is 32.0 Å². The smallest absolute Gasteiger partial charge is 0.272 e. The highest BCUT2D eigenvalue weighted by molar-refractivity contribution is 6.04. The SMILES string of the molecule is Cc1ccc2[nH]nc(C(=O)NCCNC(=O)c3ccc(C)c(F)c3)c2c1. The molecule has 2 aromatic carbocycles. The van der Waals surface area contributed by atoms with E-state index in [0.29, 0.717) is 11.3 Å². The van der Waals surface area contributed by atoms with E-state index in [9.17, 15) is 14.0 Å². The van der Waals surface area contributed by atoms with Gasteiger partial charge in [0.25, 0.3) is 11.8 Å². The first-order valence-corrected chi connectivity index (χ1v) is 8.23. The number of amides is 2. The van der Waals surface area contributed by atoms with E-state index in [1.54, 1.807) is 19.1 Å². The number of aryl methyl sites for hydroxylation is 2. The molecule has 0 radical (unpaired) electrons. The van der Waals surface area contributed by atoms with Gasteiger partial charge >= 0.3 is 0 Å². The lowest BCUT2D eigenvalue weighted by Gasteiger charge is -2.07. The summed E-state index contributed by atoms with van der Waals surface area (Å²) in [6.07, 6.45) is 0. The molecule has 3 rings (SSSR count). The average molecular weight is 354 g/mol. The number of rotatable bonds is 5. The zero-order valence-electron chi connectivity index (χ0n) is 14.5. The van der Waals surface area contributed by atoms with Gasteiger partial charge in [0, 0.05) is 24.0 Å². The molecule has 2 amide bonds. The standard InChI is InChI=1S/C19H19FN4O2/c1-11-3-6-16-14(9-11)17(24-23-16)19(26)22-8-7-21-18(25)13-5-4-12(2)15(20)10-13/h3-6,9-10H,7-8H2,1-2H3,(H,21,25)(H,22,26)(H,23,24). The topological polar surface area (TPSA) is 86.9 Å². The minimum Gasteiger partial charge on any atom is -0.350 e. The molecule has 0 saturated carbocycles. The molecule has 3 N–H and O–H groups in total. The number of hydrogen-bond acceptors (Lipinski definition) is 3. The highest BCUT2D eigenvalue weighted by atomic mass is 19.1. The maximum atomic E-state index is 13.5. The van der Waals surface area contributed by atoms with Gasteiger partial charge in [-0.15, -0.1) is 0 Å². The van der Waals surface area contributed by atoms with Gasteiger partial charge in [0.15, 0.2) is 5.69 Å². The Bertz CT molecular complexity index is 981. The molecule has 26 heavy (non-hydrogen) atoms. The molecule has 0 bridgehead atoms. The van der Waals surface area contributed by atoms with E-state index in [0.717, 1.165) is 16.5 Å². The molecular formula is C19H19FN4O2.